The molecule has 0 bridgehead atoms. The second kappa shape index (κ2) is 5.97. The molecule has 0 aliphatic carbocycles. The number of benzene rings is 1. The van der Waals surface area contributed by atoms with Gasteiger partial charge in [0.05, 0.1) is 18.8 Å². The highest BCUT2D eigenvalue weighted by atomic mass is 16.5. The lowest BCUT2D eigenvalue weighted by atomic mass is 10.2. The molecule has 5 nitrogen and oxygen atoms in total. The summed E-state index contributed by atoms with van der Waals surface area (Å²) < 4.78 is 16.4. The molecule has 1 aromatic carbocycles. The third kappa shape index (κ3) is 2.85. The lowest BCUT2D eigenvalue weighted by Crippen LogP contribution is -2.28. The standard InChI is InChI=1S/C16H19NO4/c1-19-15-9-17(10-16(15)20-2)8-12(18)14-7-11-5-3-4-6-13(11)21-14/h3-7,15-16H,8-10H2,1-2H3. The summed E-state index contributed by atoms with van der Waals surface area (Å²) in [7, 11) is 3.34. The van der Waals surface area contributed by atoms with Crippen LogP contribution < -0.4 is 0 Å². The van der Waals surface area contributed by atoms with Crippen molar-refractivity contribution < 1.29 is 18.7 Å². The molecule has 1 saturated heterocycles. The zero-order valence-corrected chi connectivity index (χ0v) is 12.2. The Bertz CT molecular complexity index is 591. The van der Waals surface area contributed by atoms with E-state index >= 15 is 0 Å². The number of rotatable bonds is 5. The second-order valence-corrected chi connectivity index (χ2v) is 5.31. The summed E-state index contributed by atoms with van der Waals surface area (Å²) in [6.07, 6.45) is 0.0250. The van der Waals surface area contributed by atoms with E-state index in [9.17, 15) is 4.79 Å². The Morgan fingerprint density at radius 2 is 1.90 bits per heavy atom. The SMILES string of the molecule is COC1CN(CC(=O)c2cc3ccccc3o2)CC1OC. The smallest absolute Gasteiger partial charge is 0.211 e. The number of furan rings is 1. The molecule has 0 N–H and O–H groups in total. The molecule has 0 saturated carbocycles. The van der Waals surface area contributed by atoms with E-state index in [0.29, 0.717) is 25.4 Å². The number of fused-ring (bicyclic) bond motifs is 1. The minimum atomic E-state index is -0.0159. The maximum atomic E-state index is 12.3. The van der Waals surface area contributed by atoms with Gasteiger partial charge in [-0.25, -0.2) is 0 Å². The molecule has 2 heterocycles. The highest BCUT2D eigenvalue weighted by molar-refractivity contribution is 5.98. The molecule has 2 aromatic rings. The average molecular weight is 289 g/mol. The number of carbonyl (C=O) groups excluding carboxylic acids is 1. The number of carbonyl (C=O) groups is 1. The van der Waals surface area contributed by atoms with Gasteiger partial charge < -0.3 is 13.9 Å². The van der Waals surface area contributed by atoms with Crippen LogP contribution in [0.15, 0.2) is 34.7 Å². The van der Waals surface area contributed by atoms with Gasteiger partial charge in [-0.05, 0) is 12.1 Å². The fourth-order valence-electron chi connectivity index (χ4n) is 2.80. The molecule has 1 aliphatic rings. The molecule has 112 valence electrons. The van der Waals surface area contributed by atoms with Crippen LogP contribution >= 0.6 is 0 Å². The largest absolute Gasteiger partial charge is 0.453 e. The molecule has 0 radical (unpaired) electrons. The number of hydrogen-bond donors (Lipinski definition) is 0. The van der Waals surface area contributed by atoms with Crippen LogP contribution in [0.1, 0.15) is 10.6 Å². The van der Waals surface area contributed by atoms with E-state index in [4.69, 9.17) is 13.9 Å². The second-order valence-electron chi connectivity index (χ2n) is 5.31. The number of methoxy groups -OCH3 is 2. The van der Waals surface area contributed by atoms with Crippen LogP contribution in [-0.4, -0.2) is 56.7 Å². The van der Waals surface area contributed by atoms with Crippen LogP contribution in [0.5, 0.6) is 0 Å². The first kappa shape index (κ1) is 14.3. The molecular formula is C16H19NO4. The minimum absolute atomic E-state index is 0.0125. The van der Waals surface area contributed by atoms with Crippen LogP contribution in [-0.2, 0) is 9.47 Å². The van der Waals surface area contributed by atoms with Crippen LogP contribution in [0.25, 0.3) is 11.0 Å². The third-order valence-electron chi connectivity index (χ3n) is 3.96. The molecule has 5 heteroatoms. The van der Waals surface area contributed by atoms with E-state index in [1.165, 1.54) is 0 Å². The van der Waals surface area contributed by atoms with Crippen LogP contribution in [0.3, 0.4) is 0 Å². The molecule has 1 aliphatic heterocycles. The van der Waals surface area contributed by atoms with Gasteiger partial charge in [-0.2, -0.15) is 0 Å². The molecule has 0 spiro atoms. The summed E-state index contributed by atoms with van der Waals surface area (Å²) in [5.41, 5.74) is 0.742. The van der Waals surface area contributed by atoms with E-state index in [1.54, 1.807) is 20.3 Å². The predicted molar refractivity (Wildman–Crippen MR) is 78.6 cm³/mol. The quantitative estimate of drug-likeness (QED) is 0.788. The first-order chi connectivity index (χ1) is 10.2. The zero-order chi connectivity index (χ0) is 14.8. The zero-order valence-electron chi connectivity index (χ0n) is 12.2. The van der Waals surface area contributed by atoms with E-state index < -0.39 is 0 Å². The number of para-hydroxylation sites is 1. The Hall–Kier alpha value is -1.69. The third-order valence-corrected chi connectivity index (χ3v) is 3.96. The number of ketones is 1. The monoisotopic (exact) mass is 289 g/mol. The van der Waals surface area contributed by atoms with Gasteiger partial charge in [-0.3, -0.25) is 9.69 Å². The first-order valence-corrected chi connectivity index (χ1v) is 7.01. The summed E-state index contributed by atoms with van der Waals surface area (Å²) in [5.74, 6) is 0.392. The Morgan fingerprint density at radius 3 is 2.52 bits per heavy atom. The maximum Gasteiger partial charge on any atom is 0.211 e. The molecule has 2 unspecified atom stereocenters. The Balaban J connectivity index is 1.69. The van der Waals surface area contributed by atoms with Crippen molar-refractivity contribution in [3.05, 3.63) is 36.1 Å². The van der Waals surface area contributed by atoms with E-state index in [2.05, 4.69) is 0 Å². The number of Topliss-reactive ketones (excluding diaryl/α,β-unsaturated/α-hetero) is 1. The summed E-state index contributed by atoms with van der Waals surface area (Å²) >= 11 is 0. The van der Waals surface area contributed by atoms with Crippen molar-refractivity contribution in [2.24, 2.45) is 0 Å². The van der Waals surface area contributed by atoms with E-state index in [-0.39, 0.29) is 18.0 Å². The van der Waals surface area contributed by atoms with Gasteiger partial charge >= 0.3 is 0 Å². The first-order valence-electron chi connectivity index (χ1n) is 7.01. The van der Waals surface area contributed by atoms with Gasteiger partial charge in [0.25, 0.3) is 0 Å². The fraction of sp³-hybridized carbons (Fsp3) is 0.438. The van der Waals surface area contributed by atoms with Gasteiger partial charge in [0, 0.05) is 32.7 Å². The molecule has 0 amide bonds. The highest BCUT2D eigenvalue weighted by Gasteiger charge is 2.34. The number of nitrogens with zero attached hydrogens (tertiary/aromatic N) is 1. The van der Waals surface area contributed by atoms with Crippen molar-refractivity contribution in [1.82, 2.24) is 4.90 Å². The molecular weight excluding hydrogens is 270 g/mol. The summed E-state index contributed by atoms with van der Waals surface area (Å²) in [5, 5.41) is 0.951. The van der Waals surface area contributed by atoms with Crippen molar-refractivity contribution in [3.63, 3.8) is 0 Å². The Labute approximate surface area is 123 Å². The van der Waals surface area contributed by atoms with Gasteiger partial charge in [0.15, 0.2) is 5.76 Å². The highest BCUT2D eigenvalue weighted by Crippen LogP contribution is 2.21. The van der Waals surface area contributed by atoms with Gasteiger partial charge in [-0.1, -0.05) is 18.2 Å². The van der Waals surface area contributed by atoms with Crippen molar-refractivity contribution in [1.29, 1.82) is 0 Å². The van der Waals surface area contributed by atoms with Gasteiger partial charge in [0.1, 0.15) is 5.58 Å². The van der Waals surface area contributed by atoms with Crippen molar-refractivity contribution in [3.8, 4) is 0 Å². The summed E-state index contributed by atoms with van der Waals surface area (Å²) in [6, 6.07) is 9.43. The van der Waals surface area contributed by atoms with Gasteiger partial charge in [0.2, 0.25) is 5.78 Å². The van der Waals surface area contributed by atoms with Crippen LogP contribution in [0.2, 0.25) is 0 Å². The number of hydrogen-bond acceptors (Lipinski definition) is 5. The average Bonchev–Trinajstić information content (AvgIpc) is 3.09. The number of likely N-dealkylation sites (tertiary alicyclic amines) is 1. The van der Waals surface area contributed by atoms with Gasteiger partial charge in [-0.15, -0.1) is 0 Å². The fourth-order valence-corrected chi connectivity index (χ4v) is 2.80. The normalized spacial score (nSPS) is 23.0. The minimum Gasteiger partial charge on any atom is -0.453 e. The lowest BCUT2D eigenvalue weighted by molar-refractivity contribution is -0.00461. The van der Waals surface area contributed by atoms with Crippen molar-refractivity contribution in [2.75, 3.05) is 33.9 Å². The van der Waals surface area contributed by atoms with E-state index in [0.717, 1.165) is 11.0 Å². The summed E-state index contributed by atoms with van der Waals surface area (Å²) in [4.78, 5) is 14.4. The molecule has 1 fully saturated rings. The predicted octanol–water partition coefficient (Wildman–Crippen LogP) is 1.96. The van der Waals surface area contributed by atoms with Crippen molar-refractivity contribution in [2.45, 2.75) is 12.2 Å². The number of ether oxygens (including phenoxy) is 2. The van der Waals surface area contributed by atoms with E-state index in [1.807, 2.05) is 29.2 Å². The maximum absolute atomic E-state index is 12.3. The Kier molecular flexibility index (Phi) is 4.05. The van der Waals surface area contributed by atoms with Crippen LogP contribution in [0.4, 0.5) is 0 Å². The topological polar surface area (TPSA) is 51.9 Å². The van der Waals surface area contributed by atoms with Crippen molar-refractivity contribution >= 4 is 16.8 Å². The molecule has 3 rings (SSSR count). The van der Waals surface area contributed by atoms with Crippen LogP contribution in [0, 0.1) is 0 Å². The molecule has 1 aromatic heterocycles. The summed E-state index contributed by atoms with van der Waals surface area (Å²) in [6.45, 7) is 1.71. The molecule has 2 atom stereocenters. The Morgan fingerprint density at radius 1 is 1.24 bits per heavy atom. The lowest BCUT2D eigenvalue weighted by Gasteiger charge is -2.13. The molecule has 21 heavy (non-hydrogen) atoms.